The molecule has 1 aromatic carbocycles. The van der Waals surface area contributed by atoms with Gasteiger partial charge in [-0.05, 0) is 0 Å². The van der Waals surface area contributed by atoms with Crippen LogP contribution in [0.1, 0.15) is 5.56 Å². The largest absolute Gasteiger partial charge is 0.479 e. The Morgan fingerprint density at radius 3 is 2.68 bits per heavy atom. The van der Waals surface area contributed by atoms with Gasteiger partial charge in [-0.15, -0.1) is 0 Å². The van der Waals surface area contributed by atoms with E-state index in [4.69, 9.17) is 5.11 Å². The lowest BCUT2D eigenvalue weighted by Crippen LogP contribution is -2.36. The number of rotatable bonds is 6. The van der Waals surface area contributed by atoms with E-state index in [1.807, 2.05) is 5.48 Å². The molecule has 0 unspecified atom stereocenters. The van der Waals surface area contributed by atoms with Crippen LogP contribution in [0.5, 0.6) is 0 Å². The fourth-order valence-electron chi connectivity index (χ4n) is 1.21. The molecule has 0 bridgehead atoms. The number of carbonyl (C=O) groups excluding carboxylic acids is 1. The third kappa shape index (κ3) is 5.00. The number of hydrogen-bond acceptors (Lipinski definition) is 5. The molecule has 0 radical (unpaired) electrons. The molecule has 9 heteroatoms. The first-order valence-corrected chi connectivity index (χ1v) is 5.10. The number of nitro groups is 1. The van der Waals surface area contributed by atoms with E-state index in [9.17, 15) is 19.7 Å². The van der Waals surface area contributed by atoms with Crippen LogP contribution in [0.4, 0.5) is 10.5 Å². The summed E-state index contributed by atoms with van der Waals surface area (Å²) in [5.41, 5.74) is 2.04. The van der Waals surface area contributed by atoms with Crippen LogP contribution in [-0.4, -0.2) is 28.6 Å². The Labute approximate surface area is 107 Å². The van der Waals surface area contributed by atoms with E-state index in [0.717, 1.165) is 0 Å². The number of aliphatic carboxylic acids is 1. The number of para-hydroxylation sites is 1. The van der Waals surface area contributed by atoms with Crippen LogP contribution in [-0.2, 0) is 16.2 Å². The number of carbonyl (C=O) groups is 2. The summed E-state index contributed by atoms with van der Waals surface area (Å²) in [6, 6.07) is 5.13. The van der Waals surface area contributed by atoms with Gasteiger partial charge in [0.15, 0.2) is 6.61 Å². The van der Waals surface area contributed by atoms with Crippen LogP contribution in [0.25, 0.3) is 0 Å². The predicted molar refractivity (Wildman–Crippen MR) is 62.1 cm³/mol. The van der Waals surface area contributed by atoms with Crippen molar-refractivity contribution in [2.45, 2.75) is 6.54 Å². The second kappa shape index (κ2) is 6.91. The molecule has 19 heavy (non-hydrogen) atoms. The summed E-state index contributed by atoms with van der Waals surface area (Å²) in [7, 11) is 0. The summed E-state index contributed by atoms with van der Waals surface area (Å²) in [6.07, 6.45) is 0. The van der Waals surface area contributed by atoms with Gasteiger partial charge < -0.3 is 10.4 Å². The van der Waals surface area contributed by atoms with Crippen LogP contribution >= 0.6 is 0 Å². The summed E-state index contributed by atoms with van der Waals surface area (Å²) in [6.45, 7) is -0.766. The second-order valence-electron chi connectivity index (χ2n) is 3.35. The minimum Gasteiger partial charge on any atom is -0.479 e. The molecule has 0 spiro atoms. The maximum Gasteiger partial charge on any atom is 0.338 e. The number of hydroxylamine groups is 1. The van der Waals surface area contributed by atoms with Crippen LogP contribution < -0.4 is 10.8 Å². The molecule has 3 N–H and O–H groups in total. The number of carboxylic acids is 1. The Morgan fingerprint density at radius 1 is 1.37 bits per heavy atom. The number of nitrogens with one attached hydrogen (secondary N) is 2. The van der Waals surface area contributed by atoms with Gasteiger partial charge in [-0.3, -0.25) is 15.0 Å². The molecule has 0 heterocycles. The third-order valence-corrected chi connectivity index (χ3v) is 1.99. The Balaban J connectivity index is 2.46. The molecule has 9 nitrogen and oxygen atoms in total. The highest BCUT2D eigenvalue weighted by Crippen LogP contribution is 2.16. The van der Waals surface area contributed by atoms with Crippen molar-refractivity contribution in [3.05, 3.63) is 39.9 Å². The van der Waals surface area contributed by atoms with E-state index in [-0.39, 0.29) is 12.2 Å². The van der Waals surface area contributed by atoms with Crippen molar-refractivity contribution in [3.63, 3.8) is 0 Å². The quantitative estimate of drug-likeness (QED) is 0.506. The predicted octanol–water partition coefficient (Wildman–Crippen LogP) is 0.410. The van der Waals surface area contributed by atoms with Crippen LogP contribution in [0, 0.1) is 10.1 Å². The molecule has 2 amide bonds. The summed E-state index contributed by atoms with van der Waals surface area (Å²) in [5, 5.41) is 21.3. The topological polar surface area (TPSA) is 131 Å². The SMILES string of the molecule is O=C(O)CONC(=O)NCc1ccccc1[N+](=O)[O-]. The normalized spacial score (nSPS) is 9.68. The Morgan fingerprint density at radius 2 is 2.05 bits per heavy atom. The third-order valence-electron chi connectivity index (χ3n) is 1.99. The maximum absolute atomic E-state index is 11.2. The Hall–Kier alpha value is -2.68. The maximum atomic E-state index is 11.2. The number of hydrogen-bond donors (Lipinski definition) is 3. The molecule has 0 saturated carbocycles. The molecule has 0 atom stereocenters. The lowest BCUT2D eigenvalue weighted by Gasteiger charge is -2.06. The van der Waals surface area contributed by atoms with Gasteiger partial charge in [0, 0.05) is 11.6 Å². The minimum absolute atomic E-state index is 0.0839. The van der Waals surface area contributed by atoms with Crippen LogP contribution in [0.15, 0.2) is 24.3 Å². The average molecular weight is 269 g/mol. The van der Waals surface area contributed by atoms with E-state index in [0.29, 0.717) is 5.56 Å². The zero-order valence-corrected chi connectivity index (χ0v) is 9.66. The number of benzene rings is 1. The highest BCUT2D eigenvalue weighted by atomic mass is 16.7. The van der Waals surface area contributed by atoms with E-state index in [1.165, 1.54) is 18.2 Å². The summed E-state index contributed by atoms with van der Waals surface area (Å²) in [4.78, 5) is 35.7. The van der Waals surface area contributed by atoms with Gasteiger partial charge >= 0.3 is 12.0 Å². The first-order valence-electron chi connectivity index (χ1n) is 5.10. The summed E-state index contributed by atoms with van der Waals surface area (Å²) < 4.78 is 0. The molecule has 0 saturated heterocycles. The van der Waals surface area contributed by atoms with Crippen molar-refractivity contribution < 1.29 is 24.5 Å². The zero-order chi connectivity index (χ0) is 14.3. The van der Waals surface area contributed by atoms with Gasteiger partial charge in [-0.25, -0.2) is 15.1 Å². The van der Waals surface area contributed by atoms with Gasteiger partial charge in [-0.1, -0.05) is 18.2 Å². The Kier molecular flexibility index (Phi) is 5.23. The van der Waals surface area contributed by atoms with Gasteiger partial charge in [0.1, 0.15) is 0 Å². The zero-order valence-electron chi connectivity index (χ0n) is 9.66. The van der Waals surface area contributed by atoms with Gasteiger partial charge in [0.25, 0.3) is 5.69 Å². The molecule has 0 aromatic heterocycles. The van der Waals surface area contributed by atoms with Crippen LogP contribution in [0.2, 0.25) is 0 Å². The molecule has 102 valence electrons. The van der Waals surface area contributed by atoms with E-state index < -0.39 is 23.5 Å². The first-order chi connectivity index (χ1) is 9.00. The first kappa shape index (κ1) is 14.4. The highest BCUT2D eigenvalue weighted by Gasteiger charge is 2.12. The fourth-order valence-corrected chi connectivity index (χ4v) is 1.21. The molecule has 0 aliphatic heterocycles. The smallest absolute Gasteiger partial charge is 0.338 e. The van der Waals surface area contributed by atoms with Crippen molar-refractivity contribution >= 4 is 17.7 Å². The fraction of sp³-hybridized carbons (Fsp3) is 0.200. The lowest BCUT2D eigenvalue weighted by atomic mass is 10.2. The van der Waals surface area contributed by atoms with Gasteiger partial charge in [0.05, 0.1) is 11.5 Å². The Bertz CT molecular complexity index is 490. The average Bonchev–Trinajstić information content (AvgIpc) is 2.36. The van der Waals surface area contributed by atoms with E-state index in [2.05, 4.69) is 10.2 Å². The lowest BCUT2D eigenvalue weighted by molar-refractivity contribution is -0.385. The molecule has 0 aliphatic carbocycles. The van der Waals surface area contributed by atoms with E-state index >= 15 is 0 Å². The number of carboxylic acid groups (broad SMARTS) is 1. The monoisotopic (exact) mass is 269 g/mol. The van der Waals surface area contributed by atoms with Crippen molar-refractivity contribution in [2.24, 2.45) is 0 Å². The van der Waals surface area contributed by atoms with Gasteiger partial charge in [-0.2, -0.15) is 0 Å². The van der Waals surface area contributed by atoms with Crippen molar-refractivity contribution in [1.29, 1.82) is 0 Å². The standard InChI is InChI=1S/C10H11N3O6/c14-9(15)6-19-12-10(16)11-5-7-3-1-2-4-8(7)13(17)18/h1-4H,5-6H2,(H,14,15)(H2,11,12,16). The van der Waals surface area contributed by atoms with E-state index in [1.54, 1.807) is 6.07 Å². The molecular formula is C10H11N3O6. The molecule has 0 aliphatic rings. The van der Waals surface area contributed by atoms with Crippen LogP contribution in [0.3, 0.4) is 0 Å². The summed E-state index contributed by atoms with van der Waals surface area (Å²) in [5.74, 6) is -1.24. The summed E-state index contributed by atoms with van der Waals surface area (Å²) >= 11 is 0. The number of amides is 2. The highest BCUT2D eigenvalue weighted by molar-refractivity contribution is 5.73. The van der Waals surface area contributed by atoms with Crippen molar-refractivity contribution in [3.8, 4) is 0 Å². The van der Waals surface area contributed by atoms with Crippen molar-refractivity contribution in [1.82, 2.24) is 10.8 Å². The molecule has 1 aromatic rings. The van der Waals surface area contributed by atoms with Crippen molar-refractivity contribution in [2.75, 3.05) is 6.61 Å². The second-order valence-corrected chi connectivity index (χ2v) is 3.35. The minimum atomic E-state index is -1.24. The molecule has 0 fully saturated rings. The number of urea groups is 1. The number of nitrogens with zero attached hydrogens (tertiary/aromatic N) is 1. The number of nitro benzene ring substituents is 1. The van der Waals surface area contributed by atoms with Gasteiger partial charge in [0.2, 0.25) is 0 Å². The molecule has 1 rings (SSSR count). The molecular weight excluding hydrogens is 258 g/mol.